The highest BCUT2D eigenvalue weighted by Gasteiger charge is 2.27. The summed E-state index contributed by atoms with van der Waals surface area (Å²) in [6.45, 7) is 0.448. The van der Waals surface area contributed by atoms with E-state index in [1.807, 2.05) is 6.08 Å². The summed E-state index contributed by atoms with van der Waals surface area (Å²) < 4.78 is 24.4. The van der Waals surface area contributed by atoms with E-state index in [2.05, 4.69) is 5.32 Å². The largest absolute Gasteiger partial charge is 0.504 e. The van der Waals surface area contributed by atoms with Crippen molar-refractivity contribution in [3.05, 3.63) is 48.2 Å². The molecule has 0 bridgehead atoms. The fourth-order valence-electron chi connectivity index (χ4n) is 2.51. The molecule has 1 unspecified atom stereocenters. The van der Waals surface area contributed by atoms with Crippen molar-refractivity contribution in [1.29, 1.82) is 0 Å². The second kappa shape index (κ2) is 5.52. The molecule has 2 heterocycles. The van der Waals surface area contributed by atoms with Crippen LogP contribution in [0.3, 0.4) is 0 Å². The molecule has 0 saturated heterocycles. The summed E-state index contributed by atoms with van der Waals surface area (Å²) in [4.78, 5) is 0. The van der Waals surface area contributed by atoms with Gasteiger partial charge in [-0.1, -0.05) is 12.1 Å². The average molecular weight is 289 g/mol. The van der Waals surface area contributed by atoms with Crippen molar-refractivity contribution in [1.82, 2.24) is 0 Å². The van der Waals surface area contributed by atoms with Crippen LogP contribution in [0.1, 0.15) is 18.1 Å². The Morgan fingerprint density at radius 1 is 1.38 bits per heavy atom. The van der Waals surface area contributed by atoms with Gasteiger partial charge in [0, 0.05) is 7.05 Å². The quantitative estimate of drug-likeness (QED) is 0.901. The van der Waals surface area contributed by atoms with Crippen LogP contribution in [-0.4, -0.2) is 18.8 Å². The van der Waals surface area contributed by atoms with Gasteiger partial charge in [0.25, 0.3) is 0 Å². The van der Waals surface area contributed by atoms with Crippen LogP contribution in [0.5, 0.6) is 5.75 Å². The number of halogens is 1. The van der Waals surface area contributed by atoms with Crippen molar-refractivity contribution >= 4 is 5.88 Å². The molecule has 4 nitrogen and oxygen atoms in total. The fraction of sp³-hybridized carbons (Fsp3) is 0.250. The Hall–Kier alpha value is -2.43. The Morgan fingerprint density at radius 3 is 2.90 bits per heavy atom. The topological polar surface area (TPSA) is 54.6 Å². The summed E-state index contributed by atoms with van der Waals surface area (Å²) in [6.07, 6.45) is 4.26. The van der Waals surface area contributed by atoms with Crippen molar-refractivity contribution in [2.24, 2.45) is 0 Å². The van der Waals surface area contributed by atoms with Gasteiger partial charge in [0.2, 0.25) is 5.88 Å². The third kappa shape index (κ3) is 2.46. The molecule has 2 N–H and O–H groups in total. The second-order valence-corrected chi connectivity index (χ2v) is 4.92. The van der Waals surface area contributed by atoms with Crippen LogP contribution in [0.15, 0.2) is 41.0 Å². The molecule has 0 aliphatic carbocycles. The van der Waals surface area contributed by atoms with Gasteiger partial charge in [0.15, 0.2) is 11.5 Å². The Labute approximate surface area is 121 Å². The molecule has 21 heavy (non-hydrogen) atoms. The summed E-state index contributed by atoms with van der Waals surface area (Å²) in [5.41, 5.74) is 1.04. The predicted octanol–water partition coefficient (Wildman–Crippen LogP) is 3.85. The molecule has 5 heteroatoms. The lowest BCUT2D eigenvalue weighted by atomic mass is 9.99. The van der Waals surface area contributed by atoms with Crippen molar-refractivity contribution < 1.29 is 18.7 Å². The molecule has 0 fully saturated rings. The SMILES string of the molecule is CNc1oc(C2CC=COC2)c(O)c1-c1cccc(F)c1. The first-order chi connectivity index (χ1) is 10.2. The number of benzene rings is 1. The molecular weight excluding hydrogens is 273 g/mol. The number of anilines is 1. The lowest BCUT2D eigenvalue weighted by Gasteiger charge is -2.16. The summed E-state index contributed by atoms with van der Waals surface area (Å²) >= 11 is 0. The number of hydrogen-bond acceptors (Lipinski definition) is 4. The van der Waals surface area contributed by atoms with Crippen LogP contribution in [-0.2, 0) is 4.74 Å². The van der Waals surface area contributed by atoms with E-state index in [9.17, 15) is 9.50 Å². The summed E-state index contributed by atoms with van der Waals surface area (Å²) in [5.74, 6) is 0.504. The smallest absolute Gasteiger partial charge is 0.204 e. The van der Waals surface area contributed by atoms with Gasteiger partial charge in [-0.3, -0.25) is 0 Å². The van der Waals surface area contributed by atoms with Crippen molar-refractivity contribution in [2.75, 3.05) is 19.0 Å². The minimum Gasteiger partial charge on any atom is -0.504 e. The van der Waals surface area contributed by atoms with E-state index >= 15 is 0 Å². The molecule has 0 saturated carbocycles. The van der Waals surface area contributed by atoms with Crippen LogP contribution in [0.4, 0.5) is 10.3 Å². The first-order valence-electron chi connectivity index (χ1n) is 6.76. The molecule has 0 amide bonds. The molecule has 0 spiro atoms. The first kappa shape index (κ1) is 13.5. The fourth-order valence-corrected chi connectivity index (χ4v) is 2.51. The standard InChI is InChI=1S/C16H16FNO3/c1-18-16-13(10-4-2-6-12(17)8-10)14(19)15(21-16)11-5-3-7-20-9-11/h2-4,6-8,11,18-19H,5,9H2,1H3. The highest BCUT2D eigenvalue weighted by Crippen LogP contribution is 2.45. The lowest BCUT2D eigenvalue weighted by Crippen LogP contribution is -2.07. The zero-order valence-electron chi connectivity index (χ0n) is 11.6. The minimum atomic E-state index is -0.361. The Bertz CT molecular complexity index is 678. The zero-order chi connectivity index (χ0) is 14.8. The molecule has 3 rings (SSSR count). The highest BCUT2D eigenvalue weighted by molar-refractivity contribution is 5.81. The van der Waals surface area contributed by atoms with Crippen LogP contribution in [0, 0.1) is 5.82 Å². The lowest BCUT2D eigenvalue weighted by molar-refractivity contribution is 0.196. The van der Waals surface area contributed by atoms with Crippen LogP contribution >= 0.6 is 0 Å². The maximum Gasteiger partial charge on any atom is 0.204 e. The van der Waals surface area contributed by atoms with Gasteiger partial charge < -0.3 is 19.6 Å². The number of nitrogens with one attached hydrogen (secondary N) is 1. The number of furan rings is 1. The normalized spacial score (nSPS) is 17.5. The van der Waals surface area contributed by atoms with Gasteiger partial charge >= 0.3 is 0 Å². The molecule has 110 valence electrons. The molecule has 1 aromatic carbocycles. The maximum atomic E-state index is 13.4. The van der Waals surface area contributed by atoms with E-state index in [-0.39, 0.29) is 17.5 Å². The molecule has 1 atom stereocenters. The van der Waals surface area contributed by atoms with Crippen molar-refractivity contribution in [3.63, 3.8) is 0 Å². The third-order valence-corrected chi connectivity index (χ3v) is 3.53. The average Bonchev–Trinajstić information content (AvgIpc) is 2.85. The monoisotopic (exact) mass is 289 g/mol. The molecule has 1 aliphatic heterocycles. The number of hydrogen-bond donors (Lipinski definition) is 2. The maximum absolute atomic E-state index is 13.4. The number of ether oxygens (including phenoxy) is 1. The highest BCUT2D eigenvalue weighted by atomic mass is 19.1. The molecule has 1 aliphatic rings. The Balaban J connectivity index is 2.08. The zero-order valence-corrected chi connectivity index (χ0v) is 11.6. The van der Waals surface area contributed by atoms with Gasteiger partial charge in [0.05, 0.1) is 24.4 Å². The van der Waals surface area contributed by atoms with E-state index in [4.69, 9.17) is 9.15 Å². The van der Waals surface area contributed by atoms with Gasteiger partial charge in [-0.15, -0.1) is 0 Å². The molecular formula is C16H16FNO3. The van der Waals surface area contributed by atoms with Crippen LogP contribution < -0.4 is 5.32 Å². The van der Waals surface area contributed by atoms with Crippen LogP contribution in [0.2, 0.25) is 0 Å². The number of rotatable bonds is 3. The van der Waals surface area contributed by atoms with E-state index in [1.165, 1.54) is 12.1 Å². The first-order valence-corrected chi connectivity index (χ1v) is 6.76. The van der Waals surface area contributed by atoms with Gasteiger partial charge in [0.1, 0.15) is 5.82 Å². The van der Waals surface area contributed by atoms with E-state index in [1.54, 1.807) is 25.4 Å². The van der Waals surface area contributed by atoms with E-state index in [0.29, 0.717) is 29.4 Å². The van der Waals surface area contributed by atoms with Gasteiger partial charge in [-0.05, 0) is 30.2 Å². The second-order valence-electron chi connectivity index (χ2n) is 4.92. The van der Waals surface area contributed by atoms with Crippen LogP contribution in [0.25, 0.3) is 11.1 Å². The number of aromatic hydroxyl groups is 1. The van der Waals surface area contributed by atoms with E-state index < -0.39 is 0 Å². The van der Waals surface area contributed by atoms with E-state index in [0.717, 1.165) is 6.42 Å². The Morgan fingerprint density at radius 2 is 2.24 bits per heavy atom. The molecule has 2 aromatic rings. The number of allylic oxidation sites excluding steroid dienone is 1. The van der Waals surface area contributed by atoms with Gasteiger partial charge in [-0.2, -0.15) is 0 Å². The molecule has 1 aromatic heterocycles. The van der Waals surface area contributed by atoms with Crippen molar-refractivity contribution in [3.8, 4) is 16.9 Å². The summed E-state index contributed by atoms with van der Waals surface area (Å²) in [6, 6.07) is 6.06. The minimum absolute atomic E-state index is 0.0360. The predicted molar refractivity (Wildman–Crippen MR) is 77.8 cm³/mol. The summed E-state index contributed by atoms with van der Waals surface area (Å²) in [5, 5.41) is 13.4. The van der Waals surface area contributed by atoms with Crippen molar-refractivity contribution in [2.45, 2.75) is 12.3 Å². The molecule has 0 radical (unpaired) electrons. The Kier molecular flexibility index (Phi) is 3.56. The third-order valence-electron chi connectivity index (χ3n) is 3.53. The summed E-state index contributed by atoms with van der Waals surface area (Å²) in [7, 11) is 1.70. The van der Waals surface area contributed by atoms with Gasteiger partial charge in [-0.25, -0.2) is 4.39 Å².